The second kappa shape index (κ2) is 10.8. The summed E-state index contributed by atoms with van der Waals surface area (Å²) in [5, 5.41) is 2.85. The summed E-state index contributed by atoms with van der Waals surface area (Å²) in [5.41, 5.74) is 1.53. The number of nitrogens with one attached hydrogen (secondary N) is 1. The first kappa shape index (κ1) is 22.6. The van der Waals surface area contributed by atoms with Crippen LogP contribution >= 0.6 is 11.8 Å². The van der Waals surface area contributed by atoms with Crippen LogP contribution in [0.25, 0.3) is 0 Å². The van der Waals surface area contributed by atoms with E-state index in [1.165, 1.54) is 29.1 Å². The molecule has 7 nitrogen and oxygen atoms in total. The van der Waals surface area contributed by atoms with Gasteiger partial charge in [0.25, 0.3) is 5.91 Å². The fraction of sp³-hybridized carbons (Fsp3) is 0.381. The number of morpholine rings is 1. The number of carbonyl (C=O) groups is 1. The number of nitrogens with zero attached hydrogens (tertiary/aromatic N) is 1. The molecule has 0 radical (unpaired) electrons. The second-order valence-corrected chi connectivity index (χ2v) is 9.69. The Balaban J connectivity index is 1.61. The van der Waals surface area contributed by atoms with Gasteiger partial charge in [-0.05, 0) is 23.8 Å². The van der Waals surface area contributed by atoms with E-state index in [9.17, 15) is 13.2 Å². The molecule has 3 rings (SSSR count). The molecule has 2 aromatic rings. The standard InChI is InChI=1S/C21H26N2O5S2/c1-27-19-8-7-18(15-20(19)30(25,26)23-10-12-28-13-11-23)21(24)22-9-14-29-16-17-5-3-2-4-6-17/h2-8,15H,9-14,16H2,1H3,(H,22,24). The fourth-order valence-electron chi connectivity index (χ4n) is 3.05. The summed E-state index contributed by atoms with van der Waals surface area (Å²) in [4.78, 5) is 12.5. The van der Waals surface area contributed by atoms with E-state index in [0.29, 0.717) is 19.8 Å². The number of ether oxygens (including phenoxy) is 2. The molecule has 1 fully saturated rings. The highest BCUT2D eigenvalue weighted by Crippen LogP contribution is 2.28. The molecule has 9 heteroatoms. The van der Waals surface area contributed by atoms with Crippen molar-refractivity contribution in [1.82, 2.24) is 9.62 Å². The van der Waals surface area contributed by atoms with E-state index in [1.54, 1.807) is 17.8 Å². The molecule has 30 heavy (non-hydrogen) atoms. The summed E-state index contributed by atoms with van der Waals surface area (Å²) >= 11 is 1.73. The van der Waals surface area contributed by atoms with Crippen LogP contribution in [0.3, 0.4) is 0 Å². The number of amides is 1. The van der Waals surface area contributed by atoms with Gasteiger partial charge in [-0.1, -0.05) is 30.3 Å². The summed E-state index contributed by atoms with van der Waals surface area (Å²) in [6.07, 6.45) is 0. The Morgan fingerprint density at radius 2 is 1.90 bits per heavy atom. The van der Waals surface area contributed by atoms with E-state index in [0.717, 1.165) is 11.5 Å². The first-order chi connectivity index (χ1) is 14.5. The van der Waals surface area contributed by atoms with Crippen molar-refractivity contribution in [1.29, 1.82) is 0 Å². The van der Waals surface area contributed by atoms with Crippen molar-refractivity contribution >= 4 is 27.7 Å². The number of sulfonamides is 1. The molecule has 0 bridgehead atoms. The van der Waals surface area contributed by atoms with E-state index in [-0.39, 0.29) is 35.2 Å². The molecular formula is C21H26N2O5S2. The Hall–Kier alpha value is -2.07. The first-order valence-corrected chi connectivity index (χ1v) is 12.3. The molecule has 0 aromatic heterocycles. The molecule has 0 saturated carbocycles. The number of carbonyl (C=O) groups excluding carboxylic acids is 1. The van der Waals surface area contributed by atoms with Crippen molar-refractivity contribution in [3.05, 3.63) is 59.7 Å². The van der Waals surface area contributed by atoms with Crippen molar-refractivity contribution < 1.29 is 22.7 Å². The zero-order chi connectivity index (χ0) is 21.4. The van der Waals surface area contributed by atoms with E-state index >= 15 is 0 Å². The van der Waals surface area contributed by atoms with Crippen LogP contribution in [0, 0.1) is 0 Å². The molecule has 0 spiro atoms. The molecular weight excluding hydrogens is 424 g/mol. The zero-order valence-corrected chi connectivity index (χ0v) is 18.5. The van der Waals surface area contributed by atoms with Gasteiger partial charge in [-0.15, -0.1) is 0 Å². The molecule has 1 aliphatic rings. The smallest absolute Gasteiger partial charge is 0.251 e. The lowest BCUT2D eigenvalue weighted by Gasteiger charge is -2.26. The number of rotatable bonds is 9. The van der Waals surface area contributed by atoms with Crippen LogP contribution < -0.4 is 10.1 Å². The van der Waals surface area contributed by atoms with E-state index < -0.39 is 10.0 Å². The molecule has 1 saturated heterocycles. The predicted octanol–water partition coefficient (Wildman–Crippen LogP) is 2.38. The summed E-state index contributed by atoms with van der Waals surface area (Å²) < 4.78 is 37.9. The average Bonchev–Trinajstić information content (AvgIpc) is 2.79. The van der Waals surface area contributed by atoms with Crippen LogP contribution in [-0.4, -0.2) is 64.3 Å². The van der Waals surface area contributed by atoms with Gasteiger partial charge in [-0.2, -0.15) is 16.1 Å². The van der Waals surface area contributed by atoms with E-state index in [1.807, 2.05) is 18.2 Å². The highest BCUT2D eigenvalue weighted by molar-refractivity contribution is 7.98. The molecule has 0 aliphatic carbocycles. The predicted molar refractivity (Wildman–Crippen MR) is 118 cm³/mol. The molecule has 0 unspecified atom stereocenters. The minimum atomic E-state index is -3.78. The third-order valence-electron chi connectivity index (χ3n) is 4.66. The Labute approximate surface area is 181 Å². The van der Waals surface area contributed by atoms with Crippen molar-refractivity contribution in [2.45, 2.75) is 10.6 Å². The van der Waals surface area contributed by atoms with Gasteiger partial charge in [0, 0.05) is 36.7 Å². The minimum absolute atomic E-state index is 0.00185. The maximum absolute atomic E-state index is 13.0. The largest absolute Gasteiger partial charge is 0.495 e. The Kier molecular flexibility index (Phi) is 8.15. The van der Waals surface area contributed by atoms with Gasteiger partial charge in [0.2, 0.25) is 10.0 Å². The minimum Gasteiger partial charge on any atom is -0.495 e. The maximum Gasteiger partial charge on any atom is 0.251 e. The maximum atomic E-state index is 13.0. The number of methoxy groups -OCH3 is 1. The van der Waals surface area contributed by atoms with Crippen molar-refractivity contribution in [2.75, 3.05) is 45.7 Å². The Bertz CT molecular complexity index is 945. The van der Waals surface area contributed by atoms with Crippen LogP contribution in [-0.2, 0) is 20.5 Å². The Morgan fingerprint density at radius 3 is 2.60 bits per heavy atom. The number of hydrogen-bond donors (Lipinski definition) is 1. The second-order valence-electron chi connectivity index (χ2n) is 6.68. The van der Waals surface area contributed by atoms with E-state index in [4.69, 9.17) is 9.47 Å². The number of benzene rings is 2. The van der Waals surface area contributed by atoms with Gasteiger partial charge in [-0.3, -0.25) is 4.79 Å². The van der Waals surface area contributed by atoms with Gasteiger partial charge in [0.1, 0.15) is 10.6 Å². The van der Waals surface area contributed by atoms with Crippen LogP contribution in [0.2, 0.25) is 0 Å². The van der Waals surface area contributed by atoms with Crippen LogP contribution in [0.1, 0.15) is 15.9 Å². The highest BCUT2D eigenvalue weighted by Gasteiger charge is 2.30. The molecule has 2 aromatic carbocycles. The Morgan fingerprint density at radius 1 is 1.17 bits per heavy atom. The first-order valence-electron chi connectivity index (χ1n) is 9.68. The SMILES string of the molecule is COc1ccc(C(=O)NCCSCc2ccccc2)cc1S(=O)(=O)N1CCOCC1. The summed E-state index contributed by atoms with van der Waals surface area (Å²) in [7, 11) is -2.36. The third kappa shape index (κ3) is 5.75. The van der Waals surface area contributed by atoms with Crippen molar-refractivity contribution in [3.63, 3.8) is 0 Å². The monoisotopic (exact) mass is 450 g/mol. The molecule has 1 heterocycles. The van der Waals surface area contributed by atoms with E-state index in [2.05, 4.69) is 17.4 Å². The summed E-state index contributed by atoms with van der Waals surface area (Å²) in [6.45, 7) is 1.75. The van der Waals surface area contributed by atoms with Gasteiger partial charge < -0.3 is 14.8 Å². The molecule has 0 atom stereocenters. The number of thioether (sulfide) groups is 1. The quantitative estimate of drug-likeness (QED) is 0.591. The van der Waals surface area contributed by atoms with Crippen molar-refractivity contribution in [2.24, 2.45) is 0 Å². The average molecular weight is 451 g/mol. The zero-order valence-electron chi connectivity index (χ0n) is 16.9. The lowest BCUT2D eigenvalue weighted by molar-refractivity contribution is 0.0729. The summed E-state index contributed by atoms with van der Waals surface area (Å²) in [5.74, 6) is 1.55. The molecule has 1 amide bonds. The fourth-order valence-corrected chi connectivity index (χ4v) is 5.46. The van der Waals surface area contributed by atoms with Gasteiger partial charge in [0.05, 0.1) is 20.3 Å². The van der Waals surface area contributed by atoms with Crippen LogP contribution in [0.4, 0.5) is 0 Å². The van der Waals surface area contributed by atoms with Gasteiger partial charge in [0.15, 0.2) is 0 Å². The number of hydrogen-bond acceptors (Lipinski definition) is 6. The van der Waals surface area contributed by atoms with Crippen LogP contribution in [0.5, 0.6) is 5.75 Å². The van der Waals surface area contributed by atoms with Gasteiger partial charge >= 0.3 is 0 Å². The van der Waals surface area contributed by atoms with Crippen LogP contribution in [0.15, 0.2) is 53.4 Å². The summed E-state index contributed by atoms with van der Waals surface area (Å²) in [6, 6.07) is 14.6. The highest BCUT2D eigenvalue weighted by atomic mass is 32.2. The lowest BCUT2D eigenvalue weighted by atomic mass is 10.2. The molecule has 1 N–H and O–H groups in total. The molecule has 162 valence electrons. The topological polar surface area (TPSA) is 84.9 Å². The third-order valence-corrected chi connectivity index (χ3v) is 7.61. The van der Waals surface area contributed by atoms with Gasteiger partial charge in [-0.25, -0.2) is 8.42 Å². The van der Waals surface area contributed by atoms with Crippen molar-refractivity contribution in [3.8, 4) is 5.75 Å². The molecule has 1 aliphatic heterocycles. The normalized spacial score (nSPS) is 15.0. The lowest BCUT2D eigenvalue weighted by Crippen LogP contribution is -2.40.